The smallest absolute Gasteiger partial charge is 0.244 e. The first-order valence-corrected chi connectivity index (χ1v) is 7.49. The van der Waals surface area contributed by atoms with Crippen molar-refractivity contribution in [3.8, 4) is 6.07 Å². The molecule has 0 radical (unpaired) electrons. The second kappa shape index (κ2) is 7.97. The quantitative estimate of drug-likeness (QED) is 0.710. The number of methoxy groups -OCH3 is 2. The van der Waals surface area contributed by atoms with Crippen molar-refractivity contribution in [2.45, 2.75) is 4.90 Å². The normalized spacial score (nSPS) is 11.5. The van der Waals surface area contributed by atoms with Gasteiger partial charge in [-0.05, 0) is 12.1 Å². The van der Waals surface area contributed by atoms with Gasteiger partial charge in [-0.2, -0.15) is 9.57 Å². The van der Waals surface area contributed by atoms with E-state index >= 15 is 0 Å². The second-order valence-electron chi connectivity index (χ2n) is 4.00. The molecule has 0 amide bonds. The lowest BCUT2D eigenvalue weighted by Gasteiger charge is -2.22. The van der Waals surface area contributed by atoms with Gasteiger partial charge >= 0.3 is 0 Å². The van der Waals surface area contributed by atoms with E-state index < -0.39 is 10.0 Å². The lowest BCUT2D eigenvalue weighted by molar-refractivity contribution is 0.150. The zero-order chi connectivity index (χ0) is 15.0. The molecule has 0 heterocycles. The van der Waals surface area contributed by atoms with Crippen LogP contribution in [-0.2, 0) is 19.5 Å². The first-order chi connectivity index (χ1) is 9.57. The molecule has 0 fully saturated rings. The van der Waals surface area contributed by atoms with Gasteiger partial charge in [0, 0.05) is 27.3 Å². The number of sulfonamides is 1. The first kappa shape index (κ1) is 16.6. The molecule has 0 saturated carbocycles. The Bertz CT molecular complexity index is 558. The van der Waals surface area contributed by atoms with Gasteiger partial charge in [-0.25, -0.2) is 8.42 Å². The predicted molar refractivity (Wildman–Crippen MR) is 73.7 cm³/mol. The van der Waals surface area contributed by atoms with Crippen molar-refractivity contribution < 1.29 is 17.9 Å². The van der Waals surface area contributed by atoms with Crippen molar-refractivity contribution in [1.82, 2.24) is 4.31 Å². The molecule has 0 aliphatic carbocycles. The number of nitrogens with zero attached hydrogens (tertiary/aromatic N) is 2. The lowest BCUT2D eigenvalue weighted by Crippen LogP contribution is -2.36. The highest BCUT2D eigenvalue weighted by Crippen LogP contribution is 2.19. The summed E-state index contributed by atoms with van der Waals surface area (Å²) in [4.78, 5) is 0.00899. The zero-order valence-corrected chi connectivity index (χ0v) is 12.4. The molecule has 0 aromatic heterocycles. The van der Waals surface area contributed by atoms with E-state index in [2.05, 4.69) is 0 Å². The highest BCUT2D eigenvalue weighted by Gasteiger charge is 2.26. The van der Waals surface area contributed by atoms with E-state index in [0.717, 1.165) is 0 Å². The Kier molecular flexibility index (Phi) is 6.61. The summed E-state index contributed by atoms with van der Waals surface area (Å²) >= 11 is 0. The lowest BCUT2D eigenvalue weighted by atomic mass is 10.2. The molecule has 7 heteroatoms. The number of ether oxygens (including phenoxy) is 2. The van der Waals surface area contributed by atoms with E-state index in [4.69, 9.17) is 14.7 Å². The summed E-state index contributed by atoms with van der Waals surface area (Å²) in [5.74, 6) is 0. The van der Waals surface area contributed by atoms with E-state index in [1.807, 2.05) is 6.07 Å². The van der Waals surface area contributed by atoms with Crippen molar-refractivity contribution in [1.29, 1.82) is 5.26 Å². The summed E-state index contributed by atoms with van der Waals surface area (Å²) in [5, 5.41) is 9.03. The van der Waals surface area contributed by atoms with Gasteiger partial charge in [-0.1, -0.05) is 12.1 Å². The molecule has 110 valence electrons. The molecule has 0 N–H and O–H groups in total. The summed E-state index contributed by atoms with van der Waals surface area (Å²) in [6.07, 6.45) is 0. The highest BCUT2D eigenvalue weighted by atomic mass is 32.2. The molecular formula is C13H18N2O4S. The fourth-order valence-corrected chi connectivity index (χ4v) is 3.21. The molecule has 0 unspecified atom stereocenters. The van der Waals surface area contributed by atoms with Crippen molar-refractivity contribution in [2.24, 2.45) is 0 Å². The van der Waals surface area contributed by atoms with Crippen LogP contribution in [0, 0.1) is 11.3 Å². The third kappa shape index (κ3) is 4.02. The highest BCUT2D eigenvalue weighted by molar-refractivity contribution is 7.89. The number of hydrogen-bond donors (Lipinski definition) is 0. The molecule has 6 nitrogen and oxygen atoms in total. The fraction of sp³-hybridized carbons (Fsp3) is 0.462. The van der Waals surface area contributed by atoms with Gasteiger partial charge in [0.15, 0.2) is 0 Å². The maximum absolute atomic E-state index is 12.6. The number of benzene rings is 1. The van der Waals surface area contributed by atoms with Crippen LogP contribution in [0.1, 0.15) is 5.56 Å². The molecule has 0 aliphatic rings. The van der Waals surface area contributed by atoms with Gasteiger partial charge in [-0.3, -0.25) is 0 Å². The SMILES string of the molecule is COCCN(CCOC)S(=O)(=O)c1ccccc1C#N. The topological polar surface area (TPSA) is 79.6 Å². The molecule has 1 rings (SSSR count). The van der Waals surface area contributed by atoms with Gasteiger partial charge < -0.3 is 9.47 Å². The third-order valence-electron chi connectivity index (χ3n) is 2.71. The summed E-state index contributed by atoms with van der Waals surface area (Å²) in [6, 6.07) is 8.04. The Balaban J connectivity index is 3.11. The third-order valence-corrected chi connectivity index (χ3v) is 4.67. The van der Waals surface area contributed by atoms with E-state index in [0.29, 0.717) is 0 Å². The molecule has 0 atom stereocenters. The average molecular weight is 298 g/mol. The van der Waals surface area contributed by atoms with Crippen LogP contribution >= 0.6 is 0 Å². The van der Waals surface area contributed by atoms with E-state index in [9.17, 15) is 8.42 Å². The maximum Gasteiger partial charge on any atom is 0.244 e. The van der Waals surface area contributed by atoms with Crippen LogP contribution in [0.25, 0.3) is 0 Å². The molecule has 0 aliphatic heterocycles. The Morgan fingerprint density at radius 2 is 1.70 bits per heavy atom. The van der Waals surface area contributed by atoms with Gasteiger partial charge in [0.1, 0.15) is 6.07 Å². The van der Waals surface area contributed by atoms with Crippen LogP contribution in [0.5, 0.6) is 0 Å². The first-order valence-electron chi connectivity index (χ1n) is 6.05. The summed E-state index contributed by atoms with van der Waals surface area (Å²) in [7, 11) is -0.729. The summed E-state index contributed by atoms with van der Waals surface area (Å²) in [5.41, 5.74) is 0.132. The summed E-state index contributed by atoms with van der Waals surface area (Å²) < 4.78 is 36.3. The Morgan fingerprint density at radius 3 is 2.20 bits per heavy atom. The Morgan fingerprint density at radius 1 is 1.15 bits per heavy atom. The van der Waals surface area contributed by atoms with Crippen molar-refractivity contribution >= 4 is 10.0 Å². The minimum Gasteiger partial charge on any atom is -0.383 e. The Hall–Kier alpha value is -1.46. The van der Waals surface area contributed by atoms with Crippen LogP contribution in [0.4, 0.5) is 0 Å². The minimum atomic E-state index is -3.74. The molecule has 1 aromatic rings. The van der Waals surface area contributed by atoms with Crippen LogP contribution in [0.3, 0.4) is 0 Å². The second-order valence-corrected chi connectivity index (χ2v) is 5.90. The Labute approximate surface area is 119 Å². The maximum atomic E-state index is 12.6. The number of nitriles is 1. The van der Waals surface area contributed by atoms with Crippen molar-refractivity contribution in [3.05, 3.63) is 29.8 Å². The average Bonchev–Trinajstić information content (AvgIpc) is 2.47. The number of hydrogen-bond acceptors (Lipinski definition) is 5. The van der Waals surface area contributed by atoms with Crippen LogP contribution in [-0.4, -0.2) is 53.2 Å². The molecule has 0 saturated heterocycles. The summed E-state index contributed by atoms with van der Waals surface area (Å²) in [6.45, 7) is 0.971. The van der Waals surface area contributed by atoms with Gasteiger partial charge in [0.2, 0.25) is 10.0 Å². The molecular weight excluding hydrogens is 280 g/mol. The van der Waals surface area contributed by atoms with Gasteiger partial charge in [0.05, 0.1) is 23.7 Å². The monoisotopic (exact) mass is 298 g/mol. The van der Waals surface area contributed by atoms with Crippen LogP contribution in [0.15, 0.2) is 29.2 Å². The van der Waals surface area contributed by atoms with Crippen molar-refractivity contribution in [3.63, 3.8) is 0 Å². The molecule has 20 heavy (non-hydrogen) atoms. The standard InChI is InChI=1S/C13H18N2O4S/c1-18-9-7-15(8-10-19-2)20(16,17)13-6-4-3-5-12(13)11-14/h3-6H,7-10H2,1-2H3. The number of rotatable bonds is 8. The fourth-order valence-electron chi connectivity index (χ4n) is 1.66. The predicted octanol–water partition coefficient (Wildman–Crippen LogP) is 0.842. The van der Waals surface area contributed by atoms with E-state index in [1.54, 1.807) is 12.1 Å². The molecule has 0 spiro atoms. The van der Waals surface area contributed by atoms with Crippen molar-refractivity contribution in [2.75, 3.05) is 40.5 Å². The largest absolute Gasteiger partial charge is 0.383 e. The minimum absolute atomic E-state index is 0.00899. The molecule has 0 bridgehead atoms. The van der Waals surface area contributed by atoms with Crippen LogP contribution < -0.4 is 0 Å². The molecule has 1 aromatic carbocycles. The van der Waals surface area contributed by atoms with E-state index in [1.165, 1.54) is 30.7 Å². The van der Waals surface area contributed by atoms with Gasteiger partial charge in [0.25, 0.3) is 0 Å². The van der Waals surface area contributed by atoms with E-state index in [-0.39, 0.29) is 36.8 Å². The van der Waals surface area contributed by atoms with Gasteiger partial charge in [-0.15, -0.1) is 0 Å². The van der Waals surface area contributed by atoms with Crippen LogP contribution in [0.2, 0.25) is 0 Å². The zero-order valence-electron chi connectivity index (χ0n) is 11.6.